The van der Waals surface area contributed by atoms with Crippen LogP contribution in [0.5, 0.6) is 0 Å². The van der Waals surface area contributed by atoms with Gasteiger partial charge >= 0.3 is 0 Å². The first kappa shape index (κ1) is 20.6. The van der Waals surface area contributed by atoms with E-state index in [-0.39, 0.29) is 11.7 Å². The summed E-state index contributed by atoms with van der Waals surface area (Å²) in [6, 6.07) is 24.8. The quantitative estimate of drug-likeness (QED) is 0.630. The van der Waals surface area contributed by atoms with Crippen LogP contribution in [0.15, 0.2) is 84.6 Å². The zero-order valence-electron chi connectivity index (χ0n) is 18.1. The molecule has 0 radical (unpaired) electrons. The molecule has 0 spiro atoms. The van der Waals surface area contributed by atoms with E-state index in [9.17, 15) is 9.59 Å². The van der Waals surface area contributed by atoms with Crippen LogP contribution in [0.25, 0.3) is 5.57 Å². The van der Waals surface area contributed by atoms with Crippen LogP contribution < -0.4 is 10.2 Å². The van der Waals surface area contributed by atoms with Crippen LogP contribution >= 0.6 is 0 Å². The fourth-order valence-electron chi connectivity index (χ4n) is 4.21. The third-order valence-corrected chi connectivity index (χ3v) is 5.83. The number of hydrogen-bond acceptors (Lipinski definition) is 3. The lowest BCUT2D eigenvalue weighted by molar-refractivity contribution is -0.124. The molecule has 4 rings (SSSR count). The fourth-order valence-corrected chi connectivity index (χ4v) is 4.21. The van der Waals surface area contributed by atoms with Crippen molar-refractivity contribution in [3.8, 4) is 0 Å². The van der Waals surface area contributed by atoms with Gasteiger partial charge in [-0.3, -0.25) is 9.59 Å². The van der Waals surface area contributed by atoms with E-state index in [4.69, 9.17) is 0 Å². The topological polar surface area (TPSA) is 49.4 Å². The molecule has 1 amide bonds. The average molecular weight is 411 g/mol. The predicted molar refractivity (Wildman–Crippen MR) is 124 cm³/mol. The Labute approximate surface area is 183 Å². The number of amides is 1. The Morgan fingerprint density at radius 1 is 0.871 bits per heavy atom. The molecule has 0 aliphatic carbocycles. The third kappa shape index (κ3) is 4.02. The van der Waals surface area contributed by atoms with E-state index in [0.717, 1.165) is 33.6 Å². The zero-order valence-corrected chi connectivity index (χ0v) is 18.1. The van der Waals surface area contributed by atoms with E-state index < -0.39 is 6.04 Å². The van der Waals surface area contributed by atoms with Crippen molar-refractivity contribution in [2.45, 2.75) is 33.4 Å². The first-order valence-electron chi connectivity index (χ1n) is 10.5. The number of anilines is 1. The van der Waals surface area contributed by atoms with Gasteiger partial charge in [0.25, 0.3) is 5.91 Å². The zero-order chi connectivity index (χ0) is 22.0. The molecule has 0 fully saturated rings. The summed E-state index contributed by atoms with van der Waals surface area (Å²) in [6.07, 6.45) is 0. The average Bonchev–Trinajstić information content (AvgIpc) is 2.78. The first-order valence-corrected chi connectivity index (χ1v) is 10.5. The lowest BCUT2D eigenvalue weighted by atomic mass is 9.91. The number of para-hydroxylation sites is 1. The van der Waals surface area contributed by atoms with Gasteiger partial charge in [0.05, 0.1) is 5.57 Å². The predicted octanol–water partition coefficient (Wildman–Crippen LogP) is 5.19. The summed E-state index contributed by atoms with van der Waals surface area (Å²) >= 11 is 0. The largest absolute Gasteiger partial charge is 0.340 e. The van der Waals surface area contributed by atoms with E-state index in [2.05, 4.69) is 35.3 Å². The number of carbonyl (C=O) groups is 2. The van der Waals surface area contributed by atoms with Crippen molar-refractivity contribution in [2.24, 2.45) is 0 Å². The number of aryl methyl sites for hydroxylation is 1. The number of carbonyl (C=O) groups excluding carboxylic acids is 2. The maximum atomic E-state index is 13.6. The SMILES string of the molecule is CC(=O)[C@@H](NC(=O)C1=C(C)N(c2ccccc2C)Cc2ccccc21)c1ccccc1. The number of allylic oxidation sites excluding steroid dienone is 1. The molecule has 31 heavy (non-hydrogen) atoms. The molecular weight excluding hydrogens is 384 g/mol. The number of fused-ring (bicyclic) bond motifs is 1. The van der Waals surface area contributed by atoms with Crippen molar-refractivity contribution < 1.29 is 9.59 Å². The summed E-state index contributed by atoms with van der Waals surface area (Å²) < 4.78 is 0. The molecular formula is C27H26N2O2. The highest BCUT2D eigenvalue weighted by atomic mass is 16.2. The van der Waals surface area contributed by atoms with Crippen LogP contribution in [0.3, 0.4) is 0 Å². The molecule has 3 aromatic rings. The van der Waals surface area contributed by atoms with Gasteiger partial charge in [-0.25, -0.2) is 0 Å². The minimum absolute atomic E-state index is 0.0994. The van der Waals surface area contributed by atoms with E-state index in [1.165, 1.54) is 6.92 Å². The Hall–Kier alpha value is -3.66. The molecule has 1 atom stereocenters. The van der Waals surface area contributed by atoms with Crippen molar-refractivity contribution in [2.75, 3.05) is 4.90 Å². The van der Waals surface area contributed by atoms with Crippen LogP contribution in [0, 0.1) is 6.92 Å². The summed E-state index contributed by atoms with van der Waals surface area (Å²) in [4.78, 5) is 28.1. The smallest absolute Gasteiger partial charge is 0.254 e. The molecule has 156 valence electrons. The van der Waals surface area contributed by atoms with Crippen molar-refractivity contribution in [1.82, 2.24) is 5.32 Å². The van der Waals surface area contributed by atoms with E-state index in [1.807, 2.05) is 67.6 Å². The molecule has 1 aliphatic heterocycles. The second-order valence-corrected chi connectivity index (χ2v) is 7.92. The number of hydrogen-bond donors (Lipinski definition) is 1. The first-order chi connectivity index (χ1) is 15.0. The van der Waals surface area contributed by atoms with Gasteiger partial charge < -0.3 is 10.2 Å². The normalized spacial score (nSPS) is 14.1. The number of Topliss-reactive ketones (excluding diaryl/α,β-unsaturated/α-hetero) is 1. The third-order valence-electron chi connectivity index (χ3n) is 5.83. The Kier molecular flexibility index (Phi) is 5.72. The van der Waals surface area contributed by atoms with Crippen LogP contribution in [0.4, 0.5) is 5.69 Å². The molecule has 0 bridgehead atoms. The van der Waals surface area contributed by atoms with Crippen LogP contribution in [0.1, 0.15) is 42.1 Å². The van der Waals surface area contributed by atoms with Gasteiger partial charge in [0, 0.05) is 17.9 Å². The Bertz CT molecular complexity index is 1160. The molecule has 4 nitrogen and oxygen atoms in total. The second kappa shape index (κ2) is 8.60. The van der Waals surface area contributed by atoms with Gasteiger partial charge in [0.2, 0.25) is 0 Å². The van der Waals surface area contributed by atoms with Crippen LogP contribution in [0.2, 0.25) is 0 Å². The second-order valence-electron chi connectivity index (χ2n) is 7.92. The number of nitrogens with zero attached hydrogens (tertiary/aromatic N) is 1. The molecule has 1 N–H and O–H groups in total. The molecule has 3 aromatic carbocycles. The Balaban J connectivity index is 1.78. The molecule has 1 heterocycles. The number of rotatable bonds is 5. The summed E-state index contributed by atoms with van der Waals surface area (Å²) in [5, 5.41) is 2.99. The van der Waals surface area contributed by atoms with Gasteiger partial charge in [-0.15, -0.1) is 0 Å². The van der Waals surface area contributed by atoms with Gasteiger partial charge in [-0.1, -0.05) is 72.8 Å². The maximum Gasteiger partial charge on any atom is 0.254 e. The lowest BCUT2D eigenvalue weighted by Gasteiger charge is -2.34. The number of benzene rings is 3. The van der Waals surface area contributed by atoms with Crippen molar-refractivity contribution in [3.63, 3.8) is 0 Å². The molecule has 0 saturated carbocycles. The van der Waals surface area contributed by atoms with Crippen molar-refractivity contribution in [3.05, 3.63) is 107 Å². The Morgan fingerprint density at radius 3 is 2.23 bits per heavy atom. The Morgan fingerprint density at radius 2 is 1.52 bits per heavy atom. The van der Waals surface area contributed by atoms with Crippen molar-refractivity contribution >= 4 is 23.0 Å². The summed E-state index contributed by atoms with van der Waals surface area (Å²) in [5.41, 5.74) is 6.48. The standard InChI is InChI=1S/C27H26N2O2/c1-18-11-7-10-16-24(18)29-17-22-14-8-9-15-23(22)25(19(29)2)27(31)28-26(20(3)30)21-12-5-4-6-13-21/h4-16,26H,17H2,1-3H3,(H,28,31)/t26-/m1/s1. The highest BCUT2D eigenvalue weighted by molar-refractivity contribution is 6.22. The molecule has 4 heteroatoms. The van der Waals surface area contributed by atoms with Crippen LogP contribution in [-0.4, -0.2) is 11.7 Å². The van der Waals surface area contributed by atoms with Gasteiger partial charge in [-0.2, -0.15) is 0 Å². The summed E-state index contributed by atoms with van der Waals surface area (Å²) in [7, 11) is 0. The van der Waals surface area contributed by atoms with Gasteiger partial charge in [0.15, 0.2) is 5.78 Å². The molecule has 1 aliphatic rings. The van der Waals surface area contributed by atoms with E-state index in [0.29, 0.717) is 12.1 Å². The number of nitrogens with one attached hydrogen (secondary N) is 1. The highest BCUT2D eigenvalue weighted by Gasteiger charge is 2.30. The van der Waals surface area contributed by atoms with E-state index in [1.54, 1.807) is 0 Å². The summed E-state index contributed by atoms with van der Waals surface area (Å²) in [6.45, 7) is 6.25. The summed E-state index contributed by atoms with van der Waals surface area (Å²) in [5.74, 6) is -0.343. The molecule has 0 aromatic heterocycles. The lowest BCUT2D eigenvalue weighted by Crippen LogP contribution is -2.37. The van der Waals surface area contributed by atoms with Gasteiger partial charge in [-0.05, 0) is 49.1 Å². The van der Waals surface area contributed by atoms with Crippen molar-refractivity contribution in [1.29, 1.82) is 0 Å². The number of ketones is 1. The van der Waals surface area contributed by atoms with E-state index >= 15 is 0 Å². The maximum absolute atomic E-state index is 13.6. The molecule has 0 unspecified atom stereocenters. The minimum Gasteiger partial charge on any atom is -0.340 e. The van der Waals surface area contributed by atoms with Crippen LogP contribution in [-0.2, 0) is 16.1 Å². The minimum atomic E-state index is -0.685. The fraction of sp³-hybridized carbons (Fsp3) is 0.185. The monoisotopic (exact) mass is 410 g/mol. The molecule has 0 saturated heterocycles. The van der Waals surface area contributed by atoms with Gasteiger partial charge in [0.1, 0.15) is 6.04 Å². The highest BCUT2D eigenvalue weighted by Crippen LogP contribution is 2.36.